The molecule has 1 saturated carbocycles. The molecule has 3 rings (SSSR count). The van der Waals surface area contributed by atoms with E-state index in [0.29, 0.717) is 12.0 Å². The molecule has 20 heavy (non-hydrogen) atoms. The van der Waals surface area contributed by atoms with Crippen LogP contribution in [-0.4, -0.2) is 30.4 Å². The van der Waals surface area contributed by atoms with Gasteiger partial charge in [-0.2, -0.15) is 0 Å². The number of aldehydes is 1. The van der Waals surface area contributed by atoms with Gasteiger partial charge in [0, 0.05) is 12.3 Å². The molecule has 5 nitrogen and oxygen atoms in total. The maximum Gasteiger partial charge on any atom is 0.338 e. The molecule has 0 radical (unpaired) electrons. The van der Waals surface area contributed by atoms with Crippen LogP contribution < -0.4 is 0 Å². The van der Waals surface area contributed by atoms with Crippen molar-refractivity contribution in [3.8, 4) is 0 Å². The predicted octanol–water partition coefficient (Wildman–Crippen LogP) is 1.36. The smallest absolute Gasteiger partial charge is 0.338 e. The van der Waals surface area contributed by atoms with E-state index in [1.54, 1.807) is 24.3 Å². The molecule has 0 aromatic heterocycles. The Bertz CT molecular complexity index is 538. The minimum Gasteiger partial charge on any atom is -0.462 e. The molecule has 1 aliphatic heterocycles. The Morgan fingerprint density at radius 1 is 1.30 bits per heavy atom. The second-order valence-corrected chi connectivity index (χ2v) is 5.16. The van der Waals surface area contributed by atoms with Gasteiger partial charge in [-0.3, -0.25) is 4.79 Å². The zero-order chi connectivity index (χ0) is 14.1. The van der Waals surface area contributed by atoms with E-state index in [-0.39, 0.29) is 24.4 Å². The molecule has 0 amide bonds. The predicted molar refractivity (Wildman–Crippen MR) is 67.8 cm³/mol. The van der Waals surface area contributed by atoms with Crippen LogP contribution in [0, 0.1) is 11.8 Å². The minimum absolute atomic E-state index is 0.159. The lowest BCUT2D eigenvalue weighted by molar-refractivity contribution is -0.141. The zero-order valence-corrected chi connectivity index (χ0v) is 10.7. The molecule has 0 bridgehead atoms. The van der Waals surface area contributed by atoms with Crippen LogP contribution in [0.25, 0.3) is 0 Å². The molecular weight excluding hydrogens is 260 g/mol. The molecule has 0 N–H and O–H groups in total. The number of carbonyl (C=O) groups is 3. The molecule has 1 aromatic carbocycles. The molecule has 1 aliphatic carbocycles. The van der Waals surface area contributed by atoms with Crippen molar-refractivity contribution in [2.24, 2.45) is 11.8 Å². The standard InChI is InChI=1S/C15H14O5/c16-8-11-10-6-14(17)19-12(10)7-13(11)20-15(18)9-4-2-1-3-5-9/h1-5,8,10-13H,6-7H2/t10-,11-,12+,13+/m0/s1. The minimum atomic E-state index is -0.511. The summed E-state index contributed by atoms with van der Waals surface area (Å²) in [5.74, 6) is -1.35. The van der Waals surface area contributed by atoms with Gasteiger partial charge in [-0.05, 0) is 12.1 Å². The van der Waals surface area contributed by atoms with Crippen molar-refractivity contribution < 1.29 is 23.9 Å². The fraction of sp³-hybridized carbons (Fsp3) is 0.400. The first-order chi connectivity index (χ1) is 9.69. The molecule has 0 unspecified atom stereocenters. The van der Waals surface area contributed by atoms with E-state index < -0.39 is 18.0 Å². The number of hydrogen-bond donors (Lipinski definition) is 0. The van der Waals surface area contributed by atoms with Crippen molar-refractivity contribution in [3.05, 3.63) is 35.9 Å². The summed E-state index contributed by atoms with van der Waals surface area (Å²) in [4.78, 5) is 34.4. The van der Waals surface area contributed by atoms with Gasteiger partial charge in [-0.15, -0.1) is 0 Å². The monoisotopic (exact) mass is 274 g/mol. The highest BCUT2D eigenvalue weighted by Gasteiger charge is 2.51. The van der Waals surface area contributed by atoms with Crippen LogP contribution in [0.1, 0.15) is 23.2 Å². The third-order valence-electron chi connectivity index (χ3n) is 3.98. The first-order valence-electron chi connectivity index (χ1n) is 6.60. The lowest BCUT2D eigenvalue weighted by atomic mass is 9.93. The van der Waals surface area contributed by atoms with Crippen molar-refractivity contribution >= 4 is 18.2 Å². The van der Waals surface area contributed by atoms with Gasteiger partial charge in [-0.1, -0.05) is 18.2 Å². The molecule has 2 fully saturated rings. The van der Waals surface area contributed by atoms with Crippen LogP contribution >= 0.6 is 0 Å². The van der Waals surface area contributed by atoms with Crippen molar-refractivity contribution in [1.82, 2.24) is 0 Å². The molecule has 1 saturated heterocycles. The average molecular weight is 274 g/mol. The van der Waals surface area contributed by atoms with E-state index in [1.807, 2.05) is 6.07 Å². The van der Waals surface area contributed by atoms with Crippen molar-refractivity contribution in [3.63, 3.8) is 0 Å². The number of rotatable bonds is 3. The highest BCUT2D eigenvalue weighted by Crippen LogP contribution is 2.41. The number of benzene rings is 1. The lowest BCUT2D eigenvalue weighted by Gasteiger charge is -2.17. The van der Waals surface area contributed by atoms with Crippen LogP contribution in [0.4, 0.5) is 0 Å². The van der Waals surface area contributed by atoms with Crippen LogP contribution in [-0.2, 0) is 19.1 Å². The summed E-state index contributed by atoms with van der Waals surface area (Å²) in [6.45, 7) is 0. The fourth-order valence-electron chi connectivity index (χ4n) is 2.99. The van der Waals surface area contributed by atoms with Crippen molar-refractivity contribution in [1.29, 1.82) is 0 Å². The largest absolute Gasteiger partial charge is 0.462 e. The maximum atomic E-state index is 12.0. The summed E-state index contributed by atoms with van der Waals surface area (Å²) in [6, 6.07) is 8.63. The highest BCUT2D eigenvalue weighted by molar-refractivity contribution is 5.89. The first kappa shape index (κ1) is 12.8. The molecular formula is C15H14O5. The second-order valence-electron chi connectivity index (χ2n) is 5.16. The van der Waals surface area contributed by atoms with Crippen LogP contribution in [0.3, 0.4) is 0 Å². The summed E-state index contributed by atoms with van der Waals surface area (Å²) in [7, 11) is 0. The van der Waals surface area contributed by atoms with Gasteiger partial charge in [0.1, 0.15) is 18.5 Å². The lowest BCUT2D eigenvalue weighted by Crippen LogP contribution is -2.27. The van der Waals surface area contributed by atoms with Crippen LogP contribution in [0.15, 0.2) is 30.3 Å². The Morgan fingerprint density at radius 3 is 2.75 bits per heavy atom. The molecule has 1 heterocycles. The molecule has 5 heteroatoms. The molecule has 2 aliphatic rings. The number of fused-ring (bicyclic) bond motifs is 1. The van der Waals surface area contributed by atoms with Gasteiger partial charge in [0.05, 0.1) is 17.9 Å². The van der Waals surface area contributed by atoms with Crippen LogP contribution in [0.5, 0.6) is 0 Å². The first-order valence-corrected chi connectivity index (χ1v) is 6.60. The quantitative estimate of drug-likeness (QED) is 0.615. The Hall–Kier alpha value is -2.17. The Kier molecular flexibility index (Phi) is 3.26. The summed E-state index contributed by atoms with van der Waals surface area (Å²) in [6.07, 6.45) is 0.594. The van der Waals surface area contributed by atoms with Gasteiger partial charge >= 0.3 is 11.9 Å². The second kappa shape index (κ2) is 5.07. The SMILES string of the molecule is O=C[C@H]1[C@@H]2CC(=O)O[C@@H]2C[C@H]1OC(=O)c1ccccc1. The normalized spacial score (nSPS) is 31.5. The van der Waals surface area contributed by atoms with E-state index in [4.69, 9.17) is 9.47 Å². The van der Waals surface area contributed by atoms with E-state index in [0.717, 1.165) is 6.29 Å². The third-order valence-corrected chi connectivity index (χ3v) is 3.98. The number of hydrogen-bond acceptors (Lipinski definition) is 5. The summed E-state index contributed by atoms with van der Waals surface area (Å²) < 4.78 is 10.6. The van der Waals surface area contributed by atoms with Crippen LogP contribution in [0.2, 0.25) is 0 Å². The van der Waals surface area contributed by atoms with E-state index >= 15 is 0 Å². The number of ether oxygens (including phenoxy) is 2. The molecule has 1 aromatic rings. The average Bonchev–Trinajstić information content (AvgIpc) is 2.95. The molecule has 0 spiro atoms. The Balaban J connectivity index is 1.71. The van der Waals surface area contributed by atoms with Crippen molar-refractivity contribution in [2.75, 3.05) is 0 Å². The Morgan fingerprint density at radius 2 is 2.05 bits per heavy atom. The van der Waals surface area contributed by atoms with Gasteiger partial charge < -0.3 is 14.3 Å². The topological polar surface area (TPSA) is 69.7 Å². The maximum absolute atomic E-state index is 12.0. The van der Waals surface area contributed by atoms with Gasteiger partial charge in [0.15, 0.2) is 0 Å². The van der Waals surface area contributed by atoms with E-state index in [9.17, 15) is 14.4 Å². The summed E-state index contributed by atoms with van der Waals surface area (Å²) >= 11 is 0. The summed E-state index contributed by atoms with van der Waals surface area (Å²) in [5, 5.41) is 0. The zero-order valence-electron chi connectivity index (χ0n) is 10.7. The molecule has 104 valence electrons. The number of carbonyl (C=O) groups excluding carboxylic acids is 3. The van der Waals surface area contributed by atoms with Gasteiger partial charge in [-0.25, -0.2) is 4.79 Å². The van der Waals surface area contributed by atoms with E-state index in [1.165, 1.54) is 0 Å². The fourth-order valence-corrected chi connectivity index (χ4v) is 2.99. The third kappa shape index (κ3) is 2.19. The van der Waals surface area contributed by atoms with Gasteiger partial charge in [0.2, 0.25) is 0 Å². The molecule has 4 atom stereocenters. The van der Waals surface area contributed by atoms with Crippen molar-refractivity contribution in [2.45, 2.75) is 25.0 Å². The van der Waals surface area contributed by atoms with Gasteiger partial charge in [0.25, 0.3) is 0 Å². The Labute approximate surface area is 115 Å². The highest BCUT2D eigenvalue weighted by atomic mass is 16.6. The van der Waals surface area contributed by atoms with E-state index in [2.05, 4.69) is 0 Å². The number of esters is 2. The summed E-state index contributed by atoms with van der Waals surface area (Å²) in [5.41, 5.74) is 0.450.